The molecule has 0 saturated carbocycles. The highest BCUT2D eigenvalue weighted by molar-refractivity contribution is 5.97. The van der Waals surface area contributed by atoms with Crippen LogP contribution in [0.5, 0.6) is 0 Å². The molecule has 0 spiro atoms. The van der Waals surface area contributed by atoms with E-state index >= 15 is 0 Å². The summed E-state index contributed by atoms with van der Waals surface area (Å²) in [5.74, 6) is 0.0415. The Hall–Kier alpha value is -3.19. The lowest BCUT2D eigenvalue weighted by molar-refractivity contribution is -0.117. The van der Waals surface area contributed by atoms with E-state index in [0.29, 0.717) is 37.7 Å². The molecule has 38 heavy (non-hydrogen) atoms. The molecule has 4 rings (SSSR count). The molecule has 2 aromatic rings. The third kappa shape index (κ3) is 7.01. The molecule has 2 aliphatic rings. The van der Waals surface area contributed by atoms with Crippen LogP contribution in [0, 0.1) is 0 Å². The van der Waals surface area contributed by atoms with Gasteiger partial charge in [0.25, 0.3) is 5.91 Å². The monoisotopic (exact) mass is 518 g/mol. The zero-order valence-electron chi connectivity index (χ0n) is 23.2. The van der Waals surface area contributed by atoms with Crippen LogP contribution in [0.1, 0.15) is 87.2 Å². The Morgan fingerprint density at radius 3 is 2.39 bits per heavy atom. The summed E-state index contributed by atoms with van der Waals surface area (Å²) in [5, 5.41) is 3.05. The maximum atomic E-state index is 13.2. The third-order valence-corrected chi connectivity index (χ3v) is 7.69. The minimum Gasteiger partial charge on any atom is -0.348 e. The maximum absolute atomic E-state index is 13.2. The summed E-state index contributed by atoms with van der Waals surface area (Å²) >= 11 is 0. The van der Waals surface area contributed by atoms with Crippen molar-refractivity contribution in [2.45, 2.75) is 84.8 Å². The SMILES string of the molecule is CC(=O)N1CCCCCCCN(C(C)C)Cc2cc(C(=O)NCc3cccc(N4CCCC4=O)c3)ccc21. The van der Waals surface area contributed by atoms with Crippen LogP contribution in [0.4, 0.5) is 11.4 Å². The quantitative estimate of drug-likeness (QED) is 0.585. The van der Waals surface area contributed by atoms with Crippen molar-refractivity contribution in [3.8, 4) is 0 Å². The smallest absolute Gasteiger partial charge is 0.251 e. The van der Waals surface area contributed by atoms with Gasteiger partial charge in [-0.1, -0.05) is 31.4 Å². The predicted molar refractivity (Wildman–Crippen MR) is 152 cm³/mol. The van der Waals surface area contributed by atoms with E-state index in [1.54, 1.807) is 6.92 Å². The first-order valence-electron chi connectivity index (χ1n) is 14.2. The van der Waals surface area contributed by atoms with Crippen LogP contribution in [0.15, 0.2) is 42.5 Å². The molecule has 0 bridgehead atoms. The Kier molecular flexibility index (Phi) is 9.56. The molecule has 2 aromatic carbocycles. The number of carbonyl (C=O) groups is 3. The maximum Gasteiger partial charge on any atom is 0.251 e. The van der Waals surface area contributed by atoms with Gasteiger partial charge in [0, 0.05) is 62.5 Å². The van der Waals surface area contributed by atoms with Gasteiger partial charge in [-0.3, -0.25) is 19.3 Å². The van der Waals surface area contributed by atoms with E-state index in [2.05, 4.69) is 24.1 Å². The van der Waals surface area contributed by atoms with Crippen LogP contribution < -0.4 is 15.1 Å². The van der Waals surface area contributed by atoms with Crippen LogP contribution in [0.2, 0.25) is 0 Å². The Morgan fingerprint density at radius 2 is 1.68 bits per heavy atom. The molecular weight excluding hydrogens is 476 g/mol. The fourth-order valence-corrected chi connectivity index (χ4v) is 5.46. The first kappa shape index (κ1) is 27.8. The van der Waals surface area contributed by atoms with Gasteiger partial charge in [-0.2, -0.15) is 0 Å². The second-order valence-corrected chi connectivity index (χ2v) is 10.8. The summed E-state index contributed by atoms with van der Waals surface area (Å²) in [6.07, 6.45) is 7.13. The molecule has 1 N–H and O–H groups in total. The molecule has 7 heteroatoms. The molecule has 1 saturated heterocycles. The van der Waals surface area contributed by atoms with Gasteiger partial charge in [-0.05, 0) is 81.1 Å². The Balaban J connectivity index is 1.54. The normalized spacial score (nSPS) is 17.6. The van der Waals surface area contributed by atoms with Crippen molar-refractivity contribution in [3.05, 3.63) is 59.2 Å². The second kappa shape index (κ2) is 13.1. The van der Waals surface area contributed by atoms with Crippen molar-refractivity contribution in [2.24, 2.45) is 0 Å². The summed E-state index contributed by atoms with van der Waals surface area (Å²) in [4.78, 5) is 44.1. The largest absolute Gasteiger partial charge is 0.348 e. The van der Waals surface area contributed by atoms with E-state index < -0.39 is 0 Å². The Bertz CT molecular complexity index is 1150. The summed E-state index contributed by atoms with van der Waals surface area (Å²) in [7, 11) is 0. The lowest BCUT2D eigenvalue weighted by Crippen LogP contribution is -2.35. The fourth-order valence-electron chi connectivity index (χ4n) is 5.46. The van der Waals surface area contributed by atoms with E-state index in [-0.39, 0.29) is 17.7 Å². The highest BCUT2D eigenvalue weighted by Gasteiger charge is 2.23. The van der Waals surface area contributed by atoms with Crippen LogP contribution in [-0.4, -0.2) is 48.3 Å². The van der Waals surface area contributed by atoms with E-state index in [1.165, 1.54) is 12.8 Å². The first-order valence-corrected chi connectivity index (χ1v) is 14.2. The fraction of sp³-hybridized carbons (Fsp3) is 0.516. The van der Waals surface area contributed by atoms with Gasteiger partial charge in [0.1, 0.15) is 0 Å². The molecule has 2 aliphatic heterocycles. The van der Waals surface area contributed by atoms with E-state index in [1.807, 2.05) is 52.3 Å². The average molecular weight is 519 g/mol. The molecule has 1 fully saturated rings. The minimum absolute atomic E-state index is 0.0352. The number of hydrogen-bond acceptors (Lipinski definition) is 4. The molecule has 0 unspecified atom stereocenters. The van der Waals surface area contributed by atoms with Gasteiger partial charge in [-0.25, -0.2) is 0 Å². The number of amides is 3. The molecule has 3 amide bonds. The lowest BCUT2D eigenvalue weighted by atomic mass is 10.0. The zero-order chi connectivity index (χ0) is 27.1. The molecule has 0 radical (unpaired) electrons. The number of rotatable bonds is 5. The van der Waals surface area contributed by atoms with Crippen molar-refractivity contribution < 1.29 is 14.4 Å². The molecule has 7 nitrogen and oxygen atoms in total. The molecule has 0 aromatic heterocycles. The number of nitrogens with zero attached hydrogens (tertiary/aromatic N) is 3. The second-order valence-electron chi connectivity index (χ2n) is 10.8. The molecule has 2 heterocycles. The lowest BCUT2D eigenvalue weighted by Gasteiger charge is -2.31. The van der Waals surface area contributed by atoms with Crippen molar-refractivity contribution in [3.63, 3.8) is 0 Å². The standard InChI is InChI=1S/C31H42N4O3/c1-23(2)33-16-7-5-4-6-8-17-34(24(3)36)29-15-14-26(20-27(29)22-33)31(38)32-21-25-11-9-12-28(19-25)35-18-10-13-30(35)37/h9,11-12,14-15,19-20,23H,4-8,10,13,16-18,21-22H2,1-3H3,(H,32,38). The van der Waals surface area contributed by atoms with Crippen molar-refractivity contribution in [1.82, 2.24) is 10.2 Å². The van der Waals surface area contributed by atoms with Crippen molar-refractivity contribution >= 4 is 29.1 Å². The summed E-state index contributed by atoms with van der Waals surface area (Å²) in [5.41, 5.74) is 4.35. The van der Waals surface area contributed by atoms with Gasteiger partial charge in [0.15, 0.2) is 0 Å². The van der Waals surface area contributed by atoms with Crippen molar-refractivity contribution in [2.75, 3.05) is 29.4 Å². The molecule has 0 aliphatic carbocycles. The van der Waals surface area contributed by atoms with Crippen LogP contribution >= 0.6 is 0 Å². The zero-order valence-corrected chi connectivity index (χ0v) is 23.2. The topological polar surface area (TPSA) is 73.0 Å². The van der Waals surface area contributed by atoms with Crippen molar-refractivity contribution in [1.29, 1.82) is 0 Å². The number of carbonyl (C=O) groups excluding carboxylic acids is 3. The Labute approximate surface area is 227 Å². The number of benzene rings is 2. The first-order chi connectivity index (χ1) is 18.3. The number of nitrogens with one attached hydrogen (secondary N) is 1. The van der Waals surface area contributed by atoms with Crippen LogP contribution in [0.3, 0.4) is 0 Å². The average Bonchev–Trinajstić information content (AvgIpc) is 3.33. The summed E-state index contributed by atoms with van der Waals surface area (Å²) in [6, 6.07) is 13.9. The number of hydrogen-bond donors (Lipinski definition) is 1. The van der Waals surface area contributed by atoms with E-state index in [0.717, 1.165) is 61.3 Å². The number of anilines is 2. The van der Waals surface area contributed by atoms with E-state index in [4.69, 9.17) is 0 Å². The summed E-state index contributed by atoms with van der Waals surface area (Å²) in [6.45, 7) is 9.56. The minimum atomic E-state index is -0.146. The van der Waals surface area contributed by atoms with Gasteiger partial charge < -0.3 is 15.1 Å². The van der Waals surface area contributed by atoms with Gasteiger partial charge in [0.05, 0.1) is 0 Å². The van der Waals surface area contributed by atoms with Gasteiger partial charge in [-0.15, -0.1) is 0 Å². The third-order valence-electron chi connectivity index (χ3n) is 7.69. The summed E-state index contributed by atoms with van der Waals surface area (Å²) < 4.78 is 0. The predicted octanol–water partition coefficient (Wildman–Crippen LogP) is 5.27. The van der Waals surface area contributed by atoms with Gasteiger partial charge >= 0.3 is 0 Å². The highest BCUT2D eigenvalue weighted by Crippen LogP contribution is 2.27. The van der Waals surface area contributed by atoms with Gasteiger partial charge in [0.2, 0.25) is 11.8 Å². The molecule has 204 valence electrons. The van der Waals surface area contributed by atoms with Crippen LogP contribution in [0.25, 0.3) is 0 Å². The highest BCUT2D eigenvalue weighted by atomic mass is 16.2. The number of fused-ring (bicyclic) bond motifs is 1. The Morgan fingerprint density at radius 1 is 0.921 bits per heavy atom. The molecular formula is C31H42N4O3. The van der Waals surface area contributed by atoms with E-state index in [9.17, 15) is 14.4 Å². The van der Waals surface area contributed by atoms with Crippen LogP contribution in [-0.2, 0) is 22.7 Å². The molecule has 0 atom stereocenters.